The standard InChI is InChI=1S/C20H25N5O3/c1-11-6-17(21-3)25-20(23-11)24-15-8-16-19(28-10-27-16)18(12(15)2)13-4-5-22-9-14(26)7-13/h4,6,8,14,22,26H,5,7,9-10H2,1-3H3,(H2,21,23,24,25)/t14-/m1/s1. The van der Waals surface area contributed by atoms with Gasteiger partial charge in [-0.1, -0.05) is 6.08 Å². The Morgan fingerprint density at radius 2 is 2.07 bits per heavy atom. The first kappa shape index (κ1) is 18.5. The zero-order valence-electron chi connectivity index (χ0n) is 16.3. The summed E-state index contributed by atoms with van der Waals surface area (Å²) in [5.41, 5.74) is 4.71. The molecule has 1 aromatic carbocycles. The summed E-state index contributed by atoms with van der Waals surface area (Å²) in [6.45, 7) is 5.41. The number of fused-ring (bicyclic) bond motifs is 1. The third kappa shape index (κ3) is 3.61. The van der Waals surface area contributed by atoms with Crippen LogP contribution < -0.4 is 25.4 Å². The lowest BCUT2D eigenvalue weighted by Gasteiger charge is -2.18. The van der Waals surface area contributed by atoms with Crippen LogP contribution in [0.4, 0.5) is 17.5 Å². The van der Waals surface area contributed by atoms with E-state index in [1.54, 1.807) is 0 Å². The Bertz CT molecular complexity index is 929. The second-order valence-electron chi connectivity index (χ2n) is 7.00. The number of benzene rings is 1. The van der Waals surface area contributed by atoms with Gasteiger partial charge in [-0.3, -0.25) is 0 Å². The molecule has 0 saturated heterocycles. The predicted molar refractivity (Wildman–Crippen MR) is 108 cm³/mol. The summed E-state index contributed by atoms with van der Waals surface area (Å²) in [4.78, 5) is 8.96. The quantitative estimate of drug-likeness (QED) is 0.638. The van der Waals surface area contributed by atoms with Crippen LogP contribution in [0.3, 0.4) is 0 Å². The summed E-state index contributed by atoms with van der Waals surface area (Å²) < 4.78 is 11.4. The predicted octanol–water partition coefficient (Wildman–Crippen LogP) is 2.35. The zero-order chi connectivity index (χ0) is 19.7. The molecule has 0 bridgehead atoms. The molecule has 8 heteroatoms. The maximum absolute atomic E-state index is 10.2. The summed E-state index contributed by atoms with van der Waals surface area (Å²) in [5.74, 6) is 2.66. The van der Waals surface area contributed by atoms with E-state index >= 15 is 0 Å². The van der Waals surface area contributed by atoms with Crippen LogP contribution in [-0.4, -0.2) is 48.1 Å². The molecule has 148 valence electrons. The Hall–Kier alpha value is -2.84. The molecule has 0 unspecified atom stereocenters. The van der Waals surface area contributed by atoms with Gasteiger partial charge in [0.05, 0.1) is 6.10 Å². The second kappa shape index (κ2) is 7.65. The molecule has 0 aliphatic carbocycles. The zero-order valence-corrected chi connectivity index (χ0v) is 16.3. The van der Waals surface area contributed by atoms with E-state index in [9.17, 15) is 5.11 Å². The molecule has 3 heterocycles. The van der Waals surface area contributed by atoms with Gasteiger partial charge < -0.3 is 30.5 Å². The van der Waals surface area contributed by atoms with Gasteiger partial charge in [0.1, 0.15) is 5.82 Å². The number of nitrogens with zero attached hydrogens (tertiary/aromatic N) is 2. The Kier molecular flexibility index (Phi) is 5.06. The summed E-state index contributed by atoms with van der Waals surface area (Å²) >= 11 is 0. The summed E-state index contributed by atoms with van der Waals surface area (Å²) in [5, 5.41) is 19.8. The Morgan fingerprint density at radius 3 is 2.89 bits per heavy atom. The lowest BCUT2D eigenvalue weighted by atomic mass is 9.93. The van der Waals surface area contributed by atoms with E-state index in [0.717, 1.165) is 39.6 Å². The lowest BCUT2D eigenvalue weighted by molar-refractivity contribution is 0.173. The first-order valence-electron chi connectivity index (χ1n) is 9.37. The number of anilines is 3. The molecule has 2 aliphatic heterocycles. The number of hydrogen-bond donors (Lipinski definition) is 4. The fraction of sp³-hybridized carbons (Fsp3) is 0.400. The Balaban J connectivity index is 1.77. The van der Waals surface area contributed by atoms with Gasteiger partial charge in [0.15, 0.2) is 11.5 Å². The number of β-amino-alcohol motifs (C(OH)–C–C–N with tert-alkyl or cyclic N) is 1. The van der Waals surface area contributed by atoms with Crippen LogP contribution in [0.2, 0.25) is 0 Å². The van der Waals surface area contributed by atoms with E-state index in [1.165, 1.54) is 0 Å². The average Bonchev–Trinajstić information content (AvgIpc) is 3.01. The Labute approximate surface area is 164 Å². The number of aryl methyl sites for hydroxylation is 1. The van der Waals surface area contributed by atoms with Crippen LogP contribution in [0, 0.1) is 13.8 Å². The number of aromatic nitrogens is 2. The van der Waals surface area contributed by atoms with Gasteiger partial charge in [0.25, 0.3) is 0 Å². The lowest BCUT2D eigenvalue weighted by Crippen LogP contribution is -2.24. The van der Waals surface area contributed by atoms with Gasteiger partial charge in [0.2, 0.25) is 12.7 Å². The maximum Gasteiger partial charge on any atom is 0.231 e. The van der Waals surface area contributed by atoms with Crippen LogP contribution >= 0.6 is 0 Å². The highest BCUT2D eigenvalue weighted by Gasteiger charge is 2.26. The van der Waals surface area contributed by atoms with E-state index in [4.69, 9.17) is 9.47 Å². The van der Waals surface area contributed by atoms with Crippen LogP contribution in [0.15, 0.2) is 18.2 Å². The van der Waals surface area contributed by atoms with Crippen molar-refractivity contribution in [3.05, 3.63) is 35.0 Å². The number of aliphatic hydroxyl groups is 1. The highest BCUT2D eigenvalue weighted by atomic mass is 16.7. The molecule has 1 atom stereocenters. The van der Waals surface area contributed by atoms with Gasteiger partial charge in [-0.15, -0.1) is 0 Å². The number of nitrogens with one attached hydrogen (secondary N) is 3. The van der Waals surface area contributed by atoms with Gasteiger partial charge in [-0.05, 0) is 25.0 Å². The third-order valence-corrected chi connectivity index (χ3v) is 4.93. The first-order chi connectivity index (χ1) is 13.5. The van der Waals surface area contributed by atoms with Crippen LogP contribution in [-0.2, 0) is 0 Å². The number of ether oxygens (including phenoxy) is 2. The highest BCUT2D eigenvalue weighted by Crippen LogP contribution is 2.46. The normalized spacial score (nSPS) is 18.4. The molecule has 2 aromatic rings. The molecule has 2 aliphatic rings. The smallest absolute Gasteiger partial charge is 0.231 e. The van der Waals surface area contributed by atoms with Crippen molar-refractivity contribution in [2.24, 2.45) is 0 Å². The van der Waals surface area contributed by atoms with Crippen molar-refractivity contribution in [2.45, 2.75) is 26.4 Å². The SMILES string of the molecule is CNc1cc(C)nc(Nc2cc3c(c(C4=CCNC[C@H](O)C4)c2C)OCO3)n1. The molecule has 28 heavy (non-hydrogen) atoms. The molecule has 0 fully saturated rings. The molecule has 0 radical (unpaired) electrons. The van der Waals surface area contributed by atoms with Crippen LogP contribution in [0.25, 0.3) is 5.57 Å². The molecular formula is C20H25N5O3. The van der Waals surface area contributed by atoms with E-state index in [-0.39, 0.29) is 6.79 Å². The summed E-state index contributed by atoms with van der Waals surface area (Å²) in [7, 11) is 1.83. The van der Waals surface area contributed by atoms with Crippen LogP contribution in [0.1, 0.15) is 23.2 Å². The van der Waals surface area contributed by atoms with Crippen molar-refractivity contribution in [3.63, 3.8) is 0 Å². The number of aliphatic hydroxyl groups excluding tert-OH is 1. The fourth-order valence-electron chi connectivity index (χ4n) is 3.58. The molecular weight excluding hydrogens is 358 g/mol. The van der Waals surface area contributed by atoms with Gasteiger partial charge in [-0.2, -0.15) is 4.98 Å². The fourth-order valence-corrected chi connectivity index (χ4v) is 3.58. The molecule has 4 N–H and O–H groups in total. The van der Waals surface area contributed by atoms with Crippen molar-refractivity contribution < 1.29 is 14.6 Å². The summed E-state index contributed by atoms with van der Waals surface area (Å²) in [6.07, 6.45) is 2.21. The highest BCUT2D eigenvalue weighted by molar-refractivity contribution is 5.82. The van der Waals surface area contributed by atoms with Gasteiger partial charge in [-0.25, -0.2) is 4.98 Å². The van der Waals surface area contributed by atoms with E-state index in [0.29, 0.717) is 31.2 Å². The molecule has 0 amide bonds. The number of rotatable bonds is 4. The van der Waals surface area contributed by atoms with Crippen molar-refractivity contribution in [2.75, 3.05) is 37.6 Å². The average molecular weight is 383 g/mol. The van der Waals surface area contributed by atoms with E-state index in [2.05, 4.69) is 32.0 Å². The minimum atomic E-state index is -0.443. The minimum Gasteiger partial charge on any atom is -0.453 e. The van der Waals surface area contributed by atoms with Crippen molar-refractivity contribution in [3.8, 4) is 11.5 Å². The molecule has 0 saturated carbocycles. The van der Waals surface area contributed by atoms with Crippen LogP contribution in [0.5, 0.6) is 11.5 Å². The maximum atomic E-state index is 10.2. The number of hydrogen-bond acceptors (Lipinski definition) is 8. The monoisotopic (exact) mass is 383 g/mol. The molecule has 0 spiro atoms. The van der Waals surface area contributed by atoms with Crippen molar-refractivity contribution in [1.29, 1.82) is 0 Å². The molecule has 4 rings (SSSR count). The third-order valence-electron chi connectivity index (χ3n) is 4.93. The van der Waals surface area contributed by atoms with E-state index in [1.807, 2.05) is 33.0 Å². The molecule has 8 nitrogen and oxygen atoms in total. The van der Waals surface area contributed by atoms with Crippen molar-refractivity contribution >= 4 is 23.0 Å². The summed E-state index contributed by atoms with van der Waals surface area (Å²) in [6, 6.07) is 3.80. The topological polar surface area (TPSA) is 101 Å². The molecule has 1 aromatic heterocycles. The van der Waals surface area contributed by atoms with Crippen molar-refractivity contribution in [1.82, 2.24) is 15.3 Å². The largest absolute Gasteiger partial charge is 0.453 e. The first-order valence-corrected chi connectivity index (χ1v) is 9.37. The van der Waals surface area contributed by atoms with Gasteiger partial charge in [0, 0.05) is 55.6 Å². The second-order valence-corrected chi connectivity index (χ2v) is 7.00. The van der Waals surface area contributed by atoms with E-state index < -0.39 is 6.10 Å². The Morgan fingerprint density at radius 1 is 1.21 bits per heavy atom. The van der Waals surface area contributed by atoms with Gasteiger partial charge >= 0.3 is 0 Å². The minimum absolute atomic E-state index is 0.185.